The predicted octanol–water partition coefficient (Wildman–Crippen LogP) is 1.78. The molecule has 2 saturated heterocycles. The first-order valence-electron chi connectivity index (χ1n) is 8.63. The number of benzene rings is 1. The molecule has 2 fully saturated rings. The second-order valence-electron chi connectivity index (χ2n) is 6.67. The number of hydrogen-bond acceptors (Lipinski definition) is 5. The third kappa shape index (κ3) is 4.36. The van der Waals surface area contributed by atoms with Crippen LogP contribution in [0.4, 0.5) is 0 Å². The van der Waals surface area contributed by atoms with Crippen molar-refractivity contribution in [3.63, 3.8) is 0 Å². The molecular weight excluding hydrogens is 304 g/mol. The van der Waals surface area contributed by atoms with Crippen LogP contribution < -0.4 is 4.74 Å². The monoisotopic (exact) mass is 332 g/mol. The lowest BCUT2D eigenvalue weighted by molar-refractivity contribution is -0.142. The van der Waals surface area contributed by atoms with E-state index in [-0.39, 0.29) is 5.60 Å². The zero-order chi connectivity index (χ0) is 16.8. The first kappa shape index (κ1) is 17.4. The number of hydrogen-bond donors (Lipinski definition) is 0. The van der Waals surface area contributed by atoms with Crippen molar-refractivity contribution in [1.29, 1.82) is 0 Å². The Kier molecular flexibility index (Phi) is 5.89. The smallest absolute Gasteiger partial charge is 0.118 e. The second-order valence-corrected chi connectivity index (χ2v) is 6.67. The summed E-state index contributed by atoms with van der Waals surface area (Å²) in [6.45, 7) is 11.5. The molecule has 0 unspecified atom stereocenters. The largest absolute Gasteiger partial charge is 0.497 e. The van der Waals surface area contributed by atoms with Crippen molar-refractivity contribution in [2.24, 2.45) is 0 Å². The van der Waals surface area contributed by atoms with Crippen LogP contribution in [0, 0.1) is 0 Å². The molecule has 0 aliphatic carbocycles. The Balaban J connectivity index is 1.64. The summed E-state index contributed by atoms with van der Waals surface area (Å²) in [5.41, 5.74) is 1.06. The fourth-order valence-corrected chi connectivity index (χ4v) is 3.55. The highest BCUT2D eigenvalue weighted by atomic mass is 16.5. The van der Waals surface area contributed by atoms with E-state index in [1.54, 1.807) is 7.11 Å². The molecule has 0 amide bonds. The van der Waals surface area contributed by atoms with Crippen molar-refractivity contribution in [3.05, 3.63) is 42.5 Å². The summed E-state index contributed by atoms with van der Waals surface area (Å²) in [6, 6.07) is 8.31. The lowest BCUT2D eigenvalue weighted by Crippen LogP contribution is -2.58. The minimum absolute atomic E-state index is 0.232. The predicted molar refractivity (Wildman–Crippen MR) is 94.4 cm³/mol. The van der Waals surface area contributed by atoms with Gasteiger partial charge in [0.15, 0.2) is 0 Å². The molecule has 132 valence electrons. The maximum Gasteiger partial charge on any atom is 0.118 e. The van der Waals surface area contributed by atoms with E-state index in [0.29, 0.717) is 6.61 Å². The number of rotatable bonds is 5. The van der Waals surface area contributed by atoms with E-state index in [0.717, 1.165) is 58.2 Å². The van der Waals surface area contributed by atoms with Gasteiger partial charge in [0.2, 0.25) is 0 Å². The molecule has 5 heteroatoms. The average Bonchev–Trinajstić information content (AvgIpc) is 2.78. The van der Waals surface area contributed by atoms with Crippen LogP contribution in [0.3, 0.4) is 0 Å². The van der Waals surface area contributed by atoms with Gasteiger partial charge in [-0.3, -0.25) is 9.80 Å². The third-order valence-corrected chi connectivity index (χ3v) is 4.71. The summed E-state index contributed by atoms with van der Waals surface area (Å²) < 4.78 is 17.3. The van der Waals surface area contributed by atoms with Crippen LogP contribution >= 0.6 is 0 Å². The van der Waals surface area contributed by atoms with E-state index < -0.39 is 0 Å². The Morgan fingerprint density at radius 1 is 1.17 bits per heavy atom. The normalized spacial score (nSPS) is 26.2. The maximum atomic E-state index is 6.20. The highest BCUT2D eigenvalue weighted by Gasteiger charge is 2.39. The molecular formula is C19H28N2O3. The Hall–Kier alpha value is -1.40. The molecule has 0 N–H and O–H groups in total. The van der Waals surface area contributed by atoms with Crippen LogP contribution in [0.2, 0.25) is 0 Å². The van der Waals surface area contributed by atoms with Crippen molar-refractivity contribution in [3.8, 4) is 5.75 Å². The van der Waals surface area contributed by atoms with Gasteiger partial charge < -0.3 is 14.2 Å². The van der Waals surface area contributed by atoms with Crippen LogP contribution in [0.1, 0.15) is 5.56 Å². The third-order valence-electron chi connectivity index (χ3n) is 4.71. The molecule has 3 rings (SSSR count). The van der Waals surface area contributed by atoms with Crippen molar-refractivity contribution in [2.75, 3.05) is 59.7 Å². The van der Waals surface area contributed by atoms with Crippen LogP contribution in [0.25, 0.3) is 0 Å². The summed E-state index contributed by atoms with van der Waals surface area (Å²) in [6.07, 6.45) is 1.96. The lowest BCUT2D eigenvalue weighted by atomic mass is 10.0. The van der Waals surface area contributed by atoms with Gasteiger partial charge >= 0.3 is 0 Å². The topological polar surface area (TPSA) is 34.2 Å². The van der Waals surface area contributed by atoms with Crippen molar-refractivity contribution >= 4 is 0 Å². The van der Waals surface area contributed by atoms with Gasteiger partial charge in [-0.25, -0.2) is 0 Å². The van der Waals surface area contributed by atoms with Gasteiger partial charge in [-0.05, 0) is 17.7 Å². The standard InChI is InChI=1S/C19H28N2O3/c1-3-8-20-9-11-23-16-19(14-20)15-21(10-12-24-19)13-17-4-6-18(22-2)7-5-17/h3-7H,1,8-16H2,2H3/t19-/m0/s1. The maximum absolute atomic E-state index is 6.20. The van der Waals surface area contributed by atoms with Crippen LogP contribution in [0.5, 0.6) is 5.75 Å². The van der Waals surface area contributed by atoms with E-state index in [9.17, 15) is 0 Å². The van der Waals surface area contributed by atoms with E-state index >= 15 is 0 Å². The quantitative estimate of drug-likeness (QED) is 0.768. The van der Waals surface area contributed by atoms with E-state index in [1.165, 1.54) is 5.56 Å². The van der Waals surface area contributed by atoms with Crippen LogP contribution in [-0.2, 0) is 16.0 Å². The summed E-state index contributed by atoms with van der Waals surface area (Å²) in [5.74, 6) is 0.898. The number of nitrogens with zero attached hydrogens (tertiary/aromatic N) is 2. The molecule has 1 aromatic rings. The number of ether oxygens (including phenoxy) is 3. The molecule has 2 aliphatic heterocycles. The Morgan fingerprint density at radius 2 is 1.92 bits per heavy atom. The molecule has 2 heterocycles. The molecule has 1 aromatic carbocycles. The zero-order valence-corrected chi connectivity index (χ0v) is 14.6. The highest BCUT2D eigenvalue weighted by Crippen LogP contribution is 2.24. The molecule has 0 bridgehead atoms. The number of methoxy groups -OCH3 is 1. The lowest BCUT2D eigenvalue weighted by Gasteiger charge is -2.43. The zero-order valence-electron chi connectivity index (χ0n) is 14.6. The van der Waals surface area contributed by atoms with Gasteiger partial charge in [-0.1, -0.05) is 18.2 Å². The van der Waals surface area contributed by atoms with Gasteiger partial charge in [0.05, 0.1) is 26.9 Å². The first-order chi connectivity index (χ1) is 11.7. The van der Waals surface area contributed by atoms with Gasteiger partial charge in [0.25, 0.3) is 0 Å². The molecule has 0 saturated carbocycles. The SMILES string of the molecule is C=CCN1CCOC[C@]2(C1)CN(Cc1ccc(OC)cc1)CCO2. The summed E-state index contributed by atoms with van der Waals surface area (Å²) >= 11 is 0. The Morgan fingerprint density at radius 3 is 2.67 bits per heavy atom. The molecule has 0 aromatic heterocycles. The van der Waals surface area contributed by atoms with E-state index in [4.69, 9.17) is 14.2 Å². The minimum Gasteiger partial charge on any atom is -0.497 e. The van der Waals surface area contributed by atoms with Crippen molar-refractivity contribution in [2.45, 2.75) is 12.1 Å². The van der Waals surface area contributed by atoms with Crippen molar-refractivity contribution < 1.29 is 14.2 Å². The number of morpholine rings is 1. The fourth-order valence-electron chi connectivity index (χ4n) is 3.55. The summed E-state index contributed by atoms with van der Waals surface area (Å²) in [4.78, 5) is 4.84. The van der Waals surface area contributed by atoms with E-state index in [2.05, 4.69) is 28.5 Å². The molecule has 1 atom stereocenters. The van der Waals surface area contributed by atoms with E-state index in [1.807, 2.05) is 18.2 Å². The molecule has 0 radical (unpaired) electrons. The van der Waals surface area contributed by atoms with Gasteiger partial charge in [-0.15, -0.1) is 6.58 Å². The summed E-state index contributed by atoms with van der Waals surface area (Å²) in [5, 5.41) is 0. The minimum atomic E-state index is -0.232. The van der Waals surface area contributed by atoms with Crippen molar-refractivity contribution in [1.82, 2.24) is 9.80 Å². The van der Waals surface area contributed by atoms with Gasteiger partial charge in [-0.2, -0.15) is 0 Å². The second kappa shape index (κ2) is 8.12. The average molecular weight is 332 g/mol. The Labute approximate surface area is 144 Å². The Bertz CT molecular complexity index is 534. The molecule has 2 aliphatic rings. The van der Waals surface area contributed by atoms with Gasteiger partial charge in [0, 0.05) is 39.3 Å². The molecule has 5 nitrogen and oxygen atoms in total. The summed E-state index contributed by atoms with van der Waals surface area (Å²) in [7, 11) is 1.70. The highest BCUT2D eigenvalue weighted by molar-refractivity contribution is 5.27. The first-order valence-corrected chi connectivity index (χ1v) is 8.63. The van der Waals surface area contributed by atoms with Crippen LogP contribution in [0.15, 0.2) is 36.9 Å². The van der Waals surface area contributed by atoms with Gasteiger partial charge in [0.1, 0.15) is 11.4 Å². The molecule has 1 spiro atoms. The fraction of sp³-hybridized carbons (Fsp3) is 0.579. The molecule has 24 heavy (non-hydrogen) atoms. The van der Waals surface area contributed by atoms with Crippen LogP contribution in [-0.4, -0.2) is 75.1 Å².